The Labute approximate surface area is 183 Å². The molecule has 0 bridgehead atoms. The van der Waals surface area contributed by atoms with Crippen molar-refractivity contribution in [2.24, 2.45) is 16.2 Å². The molecule has 1 atom stereocenters. The van der Waals surface area contributed by atoms with Crippen molar-refractivity contribution in [3.05, 3.63) is 28.5 Å². The van der Waals surface area contributed by atoms with Gasteiger partial charge in [-0.05, 0) is 85.7 Å². The van der Waals surface area contributed by atoms with E-state index in [-0.39, 0.29) is 9.79 Å². The summed E-state index contributed by atoms with van der Waals surface area (Å²) in [6, 6.07) is 5.82. The predicted molar refractivity (Wildman–Crippen MR) is 126 cm³/mol. The van der Waals surface area contributed by atoms with Gasteiger partial charge in [-0.1, -0.05) is 31.2 Å². The summed E-state index contributed by atoms with van der Waals surface area (Å²) in [4.78, 5) is 4.58. The van der Waals surface area contributed by atoms with Gasteiger partial charge >= 0.3 is 0 Å². The first-order valence-electron chi connectivity index (χ1n) is 9.98. The first-order valence-corrected chi connectivity index (χ1v) is 14.8. The maximum atomic E-state index is 12.7. The van der Waals surface area contributed by atoms with E-state index in [9.17, 15) is 4.55 Å². The Hall–Kier alpha value is -0.213. The molecule has 158 valence electrons. The lowest BCUT2D eigenvalue weighted by Crippen LogP contribution is -2.44. The van der Waals surface area contributed by atoms with Crippen LogP contribution in [0.4, 0.5) is 0 Å². The van der Waals surface area contributed by atoms with Crippen LogP contribution in [0.5, 0.6) is 0 Å². The lowest BCUT2D eigenvalue weighted by molar-refractivity contribution is 0.143. The van der Waals surface area contributed by atoms with Crippen molar-refractivity contribution in [1.29, 1.82) is 0 Å². The smallest absolute Gasteiger partial charge is 0.191 e. The van der Waals surface area contributed by atoms with Gasteiger partial charge in [-0.2, -0.15) is 0 Å². The average Bonchev–Trinajstić information content (AvgIpc) is 2.49. The highest BCUT2D eigenvalue weighted by Crippen LogP contribution is 2.41. The summed E-state index contributed by atoms with van der Waals surface area (Å²) in [6.45, 7) is 18.1. The van der Waals surface area contributed by atoms with E-state index in [1.54, 1.807) is 0 Å². The lowest BCUT2D eigenvalue weighted by Gasteiger charge is -2.41. The molecule has 1 unspecified atom stereocenters. The second-order valence-corrected chi connectivity index (χ2v) is 17.8. The molecule has 1 fully saturated rings. The molecule has 1 aliphatic rings. The van der Waals surface area contributed by atoms with Crippen LogP contribution in [0, 0.1) is 11.8 Å². The van der Waals surface area contributed by atoms with Crippen molar-refractivity contribution in [3.8, 4) is 0 Å². The van der Waals surface area contributed by atoms with Crippen LogP contribution >= 0.6 is 15.9 Å². The number of pyridine rings is 1. The predicted octanol–water partition coefficient (Wildman–Crippen LogP) is 6.14. The molecule has 0 aromatic carbocycles. The van der Waals surface area contributed by atoms with Crippen molar-refractivity contribution in [2.75, 3.05) is 6.61 Å². The standard InChI is InChI=1S/C21H35BrN2O2SSi/c1-20(2,3)27(25)24-19(17-10-9-11-18(22)23-17)16-12-15(13-16)14-26-28(7,8)21(4,5)6/h9-11,15-16H,12-14H2,1-8H3/b24-19+. The van der Waals surface area contributed by atoms with E-state index in [2.05, 4.69) is 59.2 Å². The van der Waals surface area contributed by atoms with Crippen LogP contribution in [0.15, 0.2) is 27.2 Å². The Balaban J connectivity index is 2.10. The monoisotopic (exact) mass is 486 g/mol. The van der Waals surface area contributed by atoms with E-state index in [4.69, 9.17) is 4.43 Å². The van der Waals surface area contributed by atoms with E-state index >= 15 is 0 Å². The summed E-state index contributed by atoms with van der Waals surface area (Å²) in [5, 5.41) is 0.229. The number of halogens is 1. The quantitative estimate of drug-likeness (QED) is 0.210. The van der Waals surface area contributed by atoms with Crippen LogP contribution in [-0.4, -0.2) is 34.9 Å². The Morgan fingerprint density at radius 2 is 1.86 bits per heavy atom. The van der Waals surface area contributed by atoms with Gasteiger partial charge in [0.15, 0.2) is 8.32 Å². The van der Waals surface area contributed by atoms with Gasteiger partial charge in [0.05, 0.1) is 5.69 Å². The average molecular weight is 488 g/mol. The second-order valence-electron chi connectivity index (χ2n) is 10.3. The Morgan fingerprint density at radius 1 is 1.25 bits per heavy atom. The summed E-state index contributed by atoms with van der Waals surface area (Å²) >= 11 is 2.15. The summed E-state index contributed by atoms with van der Waals surface area (Å²) < 4.78 is 24.1. The molecule has 28 heavy (non-hydrogen) atoms. The minimum Gasteiger partial charge on any atom is -0.591 e. The minimum atomic E-state index is -1.72. The molecule has 1 aromatic rings. The van der Waals surface area contributed by atoms with Gasteiger partial charge in [-0.15, -0.1) is 0 Å². The SMILES string of the molecule is CC(C)(C)[S+]([O-])/N=C(/c1cccc(Br)n1)C1CC(CO[Si](C)(C)C(C)(C)C)C1. The van der Waals surface area contributed by atoms with Gasteiger partial charge in [0.2, 0.25) is 0 Å². The molecule has 2 rings (SSSR count). The van der Waals surface area contributed by atoms with Crippen LogP contribution in [0.1, 0.15) is 60.1 Å². The molecule has 0 radical (unpaired) electrons. The molecule has 0 amide bonds. The van der Waals surface area contributed by atoms with E-state index < -0.39 is 19.7 Å². The summed E-state index contributed by atoms with van der Waals surface area (Å²) in [7, 11) is -1.72. The van der Waals surface area contributed by atoms with E-state index in [1.807, 2.05) is 39.0 Å². The maximum absolute atomic E-state index is 12.7. The third-order valence-corrected chi connectivity index (χ3v) is 12.1. The fraction of sp³-hybridized carbons (Fsp3) is 0.714. The fourth-order valence-corrected chi connectivity index (χ4v) is 4.87. The van der Waals surface area contributed by atoms with Crippen molar-refractivity contribution in [3.63, 3.8) is 0 Å². The molecule has 4 nitrogen and oxygen atoms in total. The number of hydrogen-bond acceptors (Lipinski definition) is 4. The molecular weight excluding hydrogens is 452 g/mol. The summed E-state index contributed by atoms with van der Waals surface area (Å²) in [6.07, 6.45) is 2.03. The van der Waals surface area contributed by atoms with E-state index in [0.717, 1.165) is 35.5 Å². The first-order chi connectivity index (χ1) is 12.7. The van der Waals surface area contributed by atoms with Crippen molar-refractivity contribution >= 4 is 41.3 Å². The Bertz CT molecular complexity index is 707. The highest BCUT2D eigenvalue weighted by atomic mass is 79.9. The first kappa shape index (κ1) is 24.1. The maximum Gasteiger partial charge on any atom is 0.191 e. The van der Waals surface area contributed by atoms with Crippen molar-refractivity contribution in [2.45, 2.75) is 77.3 Å². The second kappa shape index (κ2) is 8.88. The molecular formula is C21H35BrN2O2SSi. The van der Waals surface area contributed by atoms with Gasteiger partial charge in [0.25, 0.3) is 0 Å². The molecule has 1 aromatic heterocycles. The number of aromatic nitrogens is 1. The fourth-order valence-electron chi connectivity index (χ4n) is 2.75. The number of hydrogen-bond donors (Lipinski definition) is 0. The summed E-state index contributed by atoms with van der Waals surface area (Å²) in [5.41, 5.74) is 1.69. The normalized spacial score (nSPS) is 22.7. The highest BCUT2D eigenvalue weighted by molar-refractivity contribution is 9.10. The van der Waals surface area contributed by atoms with E-state index in [1.165, 1.54) is 0 Å². The molecule has 0 aliphatic heterocycles. The molecule has 0 saturated heterocycles. The molecule has 1 heterocycles. The van der Waals surface area contributed by atoms with Crippen LogP contribution in [0.3, 0.4) is 0 Å². The zero-order chi connectivity index (χ0) is 21.3. The Morgan fingerprint density at radius 3 is 2.36 bits per heavy atom. The third kappa shape index (κ3) is 6.14. The highest BCUT2D eigenvalue weighted by Gasteiger charge is 2.41. The van der Waals surface area contributed by atoms with Gasteiger partial charge in [0, 0.05) is 12.5 Å². The minimum absolute atomic E-state index is 0.229. The topological polar surface area (TPSA) is 57.5 Å². The van der Waals surface area contributed by atoms with Gasteiger partial charge in [-0.25, -0.2) is 4.98 Å². The van der Waals surface area contributed by atoms with Gasteiger partial charge < -0.3 is 8.98 Å². The van der Waals surface area contributed by atoms with E-state index in [0.29, 0.717) is 11.8 Å². The zero-order valence-electron chi connectivity index (χ0n) is 18.5. The van der Waals surface area contributed by atoms with Gasteiger partial charge in [0.1, 0.15) is 26.4 Å². The van der Waals surface area contributed by atoms with Crippen LogP contribution < -0.4 is 0 Å². The lowest BCUT2D eigenvalue weighted by atomic mass is 9.72. The Kier molecular flexibility index (Phi) is 7.63. The third-order valence-electron chi connectivity index (χ3n) is 5.79. The molecule has 0 spiro atoms. The van der Waals surface area contributed by atoms with Crippen LogP contribution in [-0.2, 0) is 15.8 Å². The molecule has 1 saturated carbocycles. The van der Waals surface area contributed by atoms with Crippen LogP contribution in [0.25, 0.3) is 0 Å². The molecule has 0 N–H and O–H groups in total. The number of rotatable bonds is 6. The largest absolute Gasteiger partial charge is 0.591 e. The van der Waals surface area contributed by atoms with Gasteiger partial charge in [-0.3, -0.25) is 0 Å². The molecule has 7 heteroatoms. The summed E-state index contributed by atoms with van der Waals surface area (Å²) in [5.74, 6) is 0.834. The number of nitrogens with zero attached hydrogens (tertiary/aromatic N) is 2. The van der Waals surface area contributed by atoms with Crippen molar-refractivity contribution < 1.29 is 8.98 Å². The molecule has 1 aliphatic carbocycles. The zero-order valence-corrected chi connectivity index (χ0v) is 21.9. The van der Waals surface area contributed by atoms with Crippen LogP contribution in [0.2, 0.25) is 18.1 Å². The van der Waals surface area contributed by atoms with Crippen molar-refractivity contribution in [1.82, 2.24) is 4.98 Å².